The number of Topliss-reactive ketones (excluding diaryl/α,β-unsaturated/α-hetero) is 1. The van der Waals surface area contributed by atoms with Crippen LogP contribution in [0.1, 0.15) is 34.7 Å². The molecule has 27 heavy (non-hydrogen) atoms. The van der Waals surface area contributed by atoms with Crippen molar-refractivity contribution in [1.82, 2.24) is 4.57 Å². The van der Waals surface area contributed by atoms with Crippen molar-refractivity contribution in [2.24, 2.45) is 0 Å². The van der Waals surface area contributed by atoms with E-state index in [-0.39, 0.29) is 29.9 Å². The molecule has 2 rings (SSSR count). The van der Waals surface area contributed by atoms with Crippen LogP contribution in [0, 0.1) is 24.0 Å². The number of aryl methyl sites for hydroxylation is 1. The molecule has 0 aliphatic carbocycles. The zero-order valence-electron chi connectivity index (χ0n) is 16.1. The van der Waals surface area contributed by atoms with Crippen molar-refractivity contribution in [1.29, 1.82) is 0 Å². The number of ketones is 1. The van der Waals surface area contributed by atoms with Crippen molar-refractivity contribution < 1.29 is 23.9 Å². The van der Waals surface area contributed by atoms with E-state index in [1.807, 2.05) is 31.4 Å². The highest BCUT2D eigenvalue weighted by Crippen LogP contribution is 2.31. The summed E-state index contributed by atoms with van der Waals surface area (Å²) < 4.78 is 17.9. The van der Waals surface area contributed by atoms with Gasteiger partial charge in [0.05, 0.1) is 30.7 Å². The van der Waals surface area contributed by atoms with Crippen molar-refractivity contribution in [2.45, 2.75) is 26.8 Å². The van der Waals surface area contributed by atoms with E-state index in [0.29, 0.717) is 17.9 Å². The number of carbonyl (C=O) groups excluding carboxylic acids is 1. The molecule has 0 fully saturated rings. The Morgan fingerprint density at radius 2 is 1.93 bits per heavy atom. The second-order valence-electron chi connectivity index (χ2n) is 6.26. The number of non-ortho nitro benzene ring substituents is 1. The van der Waals surface area contributed by atoms with Crippen molar-refractivity contribution in [3.05, 3.63) is 51.3 Å². The zero-order valence-corrected chi connectivity index (χ0v) is 16.1. The molecule has 0 saturated heterocycles. The molecule has 0 amide bonds. The number of ether oxygens (including phenoxy) is 3. The van der Waals surface area contributed by atoms with E-state index >= 15 is 0 Å². The first-order valence-corrected chi connectivity index (χ1v) is 8.45. The van der Waals surface area contributed by atoms with Crippen molar-refractivity contribution in [2.75, 3.05) is 27.4 Å². The van der Waals surface area contributed by atoms with Gasteiger partial charge in [-0.1, -0.05) is 0 Å². The van der Waals surface area contributed by atoms with Crippen LogP contribution in [-0.4, -0.2) is 42.7 Å². The molecule has 1 aromatic carbocycles. The third kappa shape index (κ3) is 4.46. The van der Waals surface area contributed by atoms with E-state index in [1.165, 1.54) is 25.3 Å². The Labute approximate surface area is 157 Å². The monoisotopic (exact) mass is 376 g/mol. The van der Waals surface area contributed by atoms with Gasteiger partial charge >= 0.3 is 0 Å². The highest BCUT2D eigenvalue weighted by molar-refractivity contribution is 5.98. The molecule has 0 radical (unpaired) electrons. The van der Waals surface area contributed by atoms with Crippen LogP contribution < -0.4 is 9.47 Å². The van der Waals surface area contributed by atoms with E-state index < -0.39 is 4.92 Å². The van der Waals surface area contributed by atoms with Gasteiger partial charge < -0.3 is 18.8 Å². The lowest BCUT2D eigenvalue weighted by Gasteiger charge is -2.17. The van der Waals surface area contributed by atoms with Crippen LogP contribution in [0.5, 0.6) is 11.5 Å². The largest absolute Gasteiger partial charge is 0.493 e. The van der Waals surface area contributed by atoms with Crippen LogP contribution in [0.4, 0.5) is 5.69 Å². The van der Waals surface area contributed by atoms with Gasteiger partial charge in [-0.3, -0.25) is 14.9 Å². The third-order valence-corrected chi connectivity index (χ3v) is 4.35. The molecule has 0 aliphatic rings. The molecule has 8 heteroatoms. The summed E-state index contributed by atoms with van der Waals surface area (Å²) in [5.74, 6) is 0.265. The highest BCUT2D eigenvalue weighted by atomic mass is 16.6. The van der Waals surface area contributed by atoms with Crippen LogP contribution in [-0.2, 0) is 4.74 Å². The van der Waals surface area contributed by atoms with E-state index in [9.17, 15) is 14.9 Å². The van der Waals surface area contributed by atoms with Crippen molar-refractivity contribution in [3.63, 3.8) is 0 Å². The molecule has 1 aromatic heterocycles. The molecule has 0 aliphatic heterocycles. The summed E-state index contributed by atoms with van der Waals surface area (Å²) in [4.78, 5) is 23.1. The van der Waals surface area contributed by atoms with Gasteiger partial charge in [0.25, 0.3) is 5.69 Å². The molecule has 0 saturated carbocycles. The minimum atomic E-state index is -0.529. The molecule has 146 valence electrons. The quantitative estimate of drug-likeness (QED) is 0.378. The van der Waals surface area contributed by atoms with Gasteiger partial charge in [-0.05, 0) is 32.9 Å². The maximum Gasteiger partial charge on any atom is 0.273 e. The summed E-state index contributed by atoms with van der Waals surface area (Å²) >= 11 is 0. The van der Waals surface area contributed by atoms with Gasteiger partial charge in [-0.2, -0.15) is 0 Å². The van der Waals surface area contributed by atoms with Gasteiger partial charge in [0, 0.05) is 30.1 Å². The van der Waals surface area contributed by atoms with Gasteiger partial charge in [0.1, 0.15) is 0 Å². The minimum Gasteiger partial charge on any atom is -0.493 e. The predicted octanol–water partition coefficient (Wildman–Crippen LogP) is 3.49. The fourth-order valence-electron chi connectivity index (χ4n) is 3.17. The molecule has 8 nitrogen and oxygen atoms in total. The number of hydrogen-bond acceptors (Lipinski definition) is 6. The molecule has 2 aromatic rings. The number of nitro groups is 1. The number of benzene rings is 1. The lowest BCUT2D eigenvalue weighted by molar-refractivity contribution is -0.385. The van der Waals surface area contributed by atoms with Gasteiger partial charge in [0.2, 0.25) is 5.78 Å². The number of methoxy groups -OCH3 is 2. The fraction of sp³-hybridized carbons (Fsp3) is 0.421. The lowest BCUT2D eigenvalue weighted by Crippen LogP contribution is -2.16. The Kier molecular flexibility index (Phi) is 6.57. The Bertz CT molecular complexity index is 843. The summed E-state index contributed by atoms with van der Waals surface area (Å²) in [5.41, 5.74) is 2.20. The second kappa shape index (κ2) is 8.68. The first-order valence-electron chi connectivity index (χ1n) is 8.45. The van der Waals surface area contributed by atoms with Crippen LogP contribution >= 0.6 is 0 Å². The van der Waals surface area contributed by atoms with Crippen molar-refractivity contribution in [3.8, 4) is 11.5 Å². The molecule has 0 unspecified atom stereocenters. The third-order valence-electron chi connectivity index (χ3n) is 4.35. The number of rotatable bonds is 9. The maximum absolute atomic E-state index is 12.7. The van der Waals surface area contributed by atoms with Gasteiger partial charge in [-0.25, -0.2) is 0 Å². The zero-order chi connectivity index (χ0) is 20.1. The minimum absolute atomic E-state index is 0.0920. The Morgan fingerprint density at radius 1 is 1.22 bits per heavy atom. The highest BCUT2D eigenvalue weighted by Gasteiger charge is 2.20. The Balaban J connectivity index is 2.21. The summed E-state index contributed by atoms with van der Waals surface area (Å²) in [6, 6.07) is 5.91. The predicted molar refractivity (Wildman–Crippen MR) is 100.0 cm³/mol. The van der Waals surface area contributed by atoms with E-state index in [4.69, 9.17) is 14.2 Å². The summed E-state index contributed by atoms with van der Waals surface area (Å²) in [5, 5.41) is 10.9. The van der Waals surface area contributed by atoms with Gasteiger partial charge in [-0.15, -0.1) is 0 Å². The number of nitro benzene ring substituents is 1. The molecule has 1 atom stereocenters. The van der Waals surface area contributed by atoms with E-state index in [0.717, 1.165) is 11.4 Å². The Morgan fingerprint density at radius 3 is 2.52 bits per heavy atom. The Hall–Kier alpha value is -2.87. The second-order valence-corrected chi connectivity index (χ2v) is 6.26. The standard InChI is InChI=1S/C19H24N2O6/c1-12-8-16(14(3)20(12)13(2)10-25-4)17(22)11-27-19-9-15(21(23)24)6-7-18(19)26-5/h6-9,13H,10-11H2,1-5H3/t13-/m0/s1. The van der Waals surface area contributed by atoms with E-state index in [1.54, 1.807) is 7.11 Å². The number of nitrogens with zero attached hydrogens (tertiary/aromatic N) is 2. The van der Waals surface area contributed by atoms with Crippen LogP contribution in [0.3, 0.4) is 0 Å². The van der Waals surface area contributed by atoms with Crippen molar-refractivity contribution >= 4 is 11.5 Å². The first kappa shape index (κ1) is 20.4. The maximum atomic E-state index is 12.7. The average Bonchev–Trinajstić information content (AvgIpc) is 2.93. The summed E-state index contributed by atoms with van der Waals surface area (Å²) in [6.07, 6.45) is 0. The SMILES string of the molecule is COC[C@H](C)n1c(C)cc(C(=O)COc2cc([N+](=O)[O-])ccc2OC)c1C. The molecule has 1 heterocycles. The number of carbonyl (C=O) groups is 1. The van der Waals surface area contributed by atoms with Crippen LogP contribution in [0.2, 0.25) is 0 Å². The molecular formula is C19H24N2O6. The fourth-order valence-corrected chi connectivity index (χ4v) is 3.17. The molecule has 0 N–H and O–H groups in total. The van der Waals surface area contributed by atoms with Crippen LogP contribution in [0.25, 0.3) is 0 Å². The van der Waals surface area contributed by atoms with Crippen LogP contribution in [0.15, 0.2) is 24.3 Å². The summed E-state index contributed by atoms with van der Waals surface area (Å²) in [6.45, 7) is 6.11. The molecule has 0 bridgehead atoms. The van der Waals surface area contributed by atoms with E-state index in [2.05, 4.69) is 0 Å². The lowest BCUT2D eigenvalue weighted by atomic mass is 10.1. The van der Waals surface area contributed by atoms with Gasteiger partial charge in [0.15, 0.2) is 18.1 Å². The first-order chi connectivity index (χ1) is 12.8. The smallest absolute Gasteiger partial charge is 0.273 e. The average molecular weight is 376 g/mol. The molecule has 0 spiro atoms. The normalized spacial score (nSPS) is 11.9. The molecular weight excluding hydrogens is 352 g/mol. The number of aromatic nitrogens is 1. The number of hydrogen-bond donors (Lipinski definition) is 0. The topological polar surface area (TPSA) is 92.8 Å². The summed E-state index contributed by atoms with van der Waals surface area (Å²) in [7, 11) is 3.07.